The van der Waals surface area contributed by atoms with Gasteiger partial charge in [0.1, 0.15) is 17.3 Å². The second kappa shape index (κ2) is 8.61. The molecule has 1 saturated heterocycles. The summed E-state index contributed by atoms with van der Waals surface area (Å²) in [6.45, 7) is 4.87. The van der Waals surface area contributed by atoms with Crippen LogP contribution in [0.15, 0.2) is 29.2 Å². The number of benzene rings is 1. The molecule has 1 amide bonds. The lowest BCUT2D eigenvalue weighted by atomic mass is 9.90. The van der Waals surface area contributed by atoms with Gasteiger partial charge in [0.25, 0.3) is 5.91 Å². The molecular weight excluding hydrogens is 432 g/mol. The van der Waals surface area contributed by atoms with Gasteiger partial charge in [0.15, 0.2) is 17.2 Å². The van der Waals surface area contributed by atoms with Crippen molar-refractivity contribution in [2.75, 3.05) is 18.1 Å². The van der Waals surface area contributed by atoms with E-state index in [1.54, 1.807) is 4.90 Å². The third-order valence-corrected chi connectivity index (χ3v) is 6.87. The minimum absolute atomic E-state index is 0.0297. The lowest BCUT2D eigenvalue weighted by molar-refractivity contribution is 0.0137. The van der Waals surface area contributed by atoms with Gasteiger partial charge < -0.3 is 10.0 Å². The fraction of sp³-hybridized carbons (Fsp3) is 0.458. The number of pyridine rings is 1. The lowest BCUT2D eigenvalue weighted by Gasteiger charge is -2.57. The molecule has 0 saturated carbocycles. The maximum Gasteiger partial charge on any atom is 0.278 e. The second-order valence-electron chi connectivity index (χ2n) is 8.54. The average Bonchev–Trinajstić information content (AvgIpc) is 2.80. The Labute approximate surface area is 190 Å². The molecule has 33 heavy (non-hydrogen) atoms. The molecule has 3 heterocycles. The zero-order valence-electron chi connectivity index (χ0n) is 18.7. The van der Waals surface area contributed by atoms with Crippen molar-refractivity contribution in [3.63, 3.8) is 0 Å². The third kappa shape index (κ3) is 3.59. The number of carbonyl (C=O) groups excluding carboxylic acids is 2. The van der Waals surface area contributed by atoms with Crippen LogP contribution in [0.5, 0.6) is 5.75 Å². The molecule has 0 spiro atoms. The van der Waals surface area contributed by atoms with Crippen molar-refractivity contribution in [1.82, 2.24) is 9.58 Å². The number of aryl methyl sites for hydroxylation is 1. The summed E-state index contributed by atoms with van der Waals surface area (Å²) in [4.78, 5) is 40.8. The summed E-state index contributed by atoms with van der Waals surface area (Å²) in [5.41, 5.74) is -1.77. The van der Waals surface area contributed by atoms with E-state index in [-0.39, 0.29) is 29.7 Å². The first-order valence-corrected chi connectivity index (χ1v) is 11.3. The van der Waals surface area contributed by atoms with Crippen LogP contribution in [0.25, 0.3) is 0 Å². The quantitative estimate of drug-likeness (QED) is 0.670. The molecule has 1 aromatic carbocycles. The van der Waals surface area contributed by atoms with Crippen LogP contribution in [0.4, 0.5) is 8.78 Å². The van der Waals surface area contributed by atoms with E-state index in [1.807, 2.05) is 18.9 Å². The Kier molecular flexibility index (Phi) is 5.99. The van der Waals surface area contributed by atoms with Crippen molar-refractivity contribution in [1.29, 1.82) is 0 Å². The summed E-state index contributed by atoms with van der Waals surface area (Å²) in [5.74, 6) is -3.27. The zero-order valence-corrected chi connectivity index (χ0v) is 18.7. The lowest BCUT2D eigenvalue weighted by Crippen LogP contribution is -2.71. The number of carbonyl (C=O) groups is 2. The molecule has 1 N–H and O–H groups in total. The van der Waals surface area contributed by atoms with E-state index in [9.17, 15) is 28.3 Å². The molecule has 0 aliphatic carbocycles. The largest absolute Gasteiger partial charge is 0.502 e. The number of Topliss-reactive ketones (excluding diaryl/α,β-unsaturated/α-hetero) is 1. The first-order valence-electron chi connectivity index (χ1n) is 11.3. The highest BCUT2D eigenvalue weighted by Gasteiger charge is 2.50. The predicted octanol–water partition coefficient (Wildman–Crippen LogP) is 3.35. The van der Waals surface area contributed by atoms with Crippen LogP contribution in [0.1, 0.15) is 72.4 Å². The average molecular weight is 459 g/mol. The van der Waals surface area contributed by atoms with E-state index in [0.717, 1.165) is 31.4 Å². The highest BCUT2D eigenvalue weighted by molar-refractivity contribution is 6.00. The normalized spacial score (nSPS) is 19.9. The minimum Gasteiger partial charge on any atom is -0.502 e. The van der Waals surface area contributed by atoms with Crippen molar-refractivity contribution in [2.45, 2.75) is 58.0 Å². The van der Waals surface area contributed by atoms with E-state index in [0.29, 0.717) is 19.5 Å². The molecule has 2 aliphatic heterocycles. The van der Waals surface area contributed by atoms with Crippen LogP contribution in [0.2, 0.25) is 0 Å². The maximum absolute atomic E-state index is 13.9. The zero-order chi connectivity index (χ0) is 23.9. The fourth-order valence-electron chi connectivity index (χ4n) is 5.18. The van der Waals surface area contributed by atoms with Gasteiger partial charge in [-0.2, -0.15) is 0 Å². The van der Waals surface area contributed by atoms with Crippen LogP contribution < -0.4 is 10.4 Å². The van der Waals surface area contributed by atoms with E-state index in [2.05, 4.69) is 0 Å². The number of hydrogen-bond donors (Lipinski definition) is 1. The van der Waals surface area contributed by atoms with Crippen LogP contribution in [-0.4, -0.2) is 45.1 Å². The van der Waals surface area contributed by atoms with Gasteiger partial charge in [-0.3, -0.25) is 24.1 Å². The van der Waals surface area contributed by atoms with Crippen molar-refractivity contribution in [3.8, 4) is 5.75 Å². The first kappa shape index (κ1) is 22.9. The van der Waals surface area contributed by atoms with Gasteiger partial charge in [-0.25, -0.2) is 8.78 Å². The topological polar surface area (TPSA) is 82.9 Å². The molecule has 176 valence electrons. The van der Waals surface area contributed by atoms with Gasteiger partial charge in [-0.05, 0) is 50.7 Å². The molecule has 0 unspecified atom stereocenters. The Balaban J connectivity index is 1.74. The van der Waals surface area contributed by atoms with Crippen molar-refractivity contribution in [2.24, 2.45) is 0 Å². The highest BCUT2D eigenvalue weighted by Crippen LogP contribution is 2.39. The Hall–Kier alpha value is -3.23. The van der Waals surface area contributed by atoms with E-state index in [4.69, 9.17) is 0 Å². The molecule has 2 aromatic rings. The second-order valence-corrected chi connectivity index (χ2v) is 8.54. The smallest absolute Gasteiger partial charge is 0.278 e. The van der Waals surface area contributed by atoms with E-state index >= 15 is 0 Å². The number of fused-ring (bicyclic) bond motifs is 3. The Morgan fingerprint density at radius 1 is 1.18 bits per heavy atom. The SMILES string of the molecule is CCN1C(=O)c2c(O)c(=O)c(C(=O)CCc3ccc(F)cc3F)cn2N2CCCC[C@@]12CC. The fourth-order valence-corrected chi connectivity index (χ4v) is 5.18. The molecule has 1 atom stereocenters. The molecular formula is C24H27F2N3O4. The molecule has 4 rings (SSSR count). The summed E-state index contributed by atoms with van der Waals surface area (Å²) in [6, 6.07) is 3.11. The van der Waals surface area contributed by atoms with E-state index < -0.39 is 40.2 Å². The van der Waals surface area contributed by atoms with Gasteiger partial charge in [-0.15, -0.1) is 0 Å². The number of aromatic hydroxyl groups is 1. The summed E-state index contributed by atoms with van der Waals surface area (Å²) in [6.07, 6.45) is 4.29. The third-order valence-electron chi connectivity index (χ3n) is 6.87. The van der Waals surface area contributed by atoms with Crippen LogP contribution in [0, 0.1) is 11.6 Å². The number of rotatable bonds is 6. The van der Waals surface area contributed by atoms with Crippen molar-refractivity contribution < 1.29 is 23.5 Å². The molecule has 2 aliphatic rings. The van der Waals surface area contributed by atoms with Crippen LogP contribution >= 0.6 is 0 Å². The molecule has 0 radical (unpaired) electrons. The molecule has 0 bridgehead atoms. The van der Waals surface area contributed by atoms with Gasteiger partial charge in [-0.1, -0.05) is 13.0 Å². The summed E-state index contributed by atoms with van der Waals surface area (Å²) < 4.78 is 28.6. The van der Waals surface area contributed by atoms with Gasteiger partial charge in [0, 0.05) is 31.8 Å². The number of hydrogen-bond acceptors (Lipinski definition) is 5. The number of aromatic nitrogens is 1. The standard InChI is InChI=1S/C24H27F2N3O4/c1-3-24-11-5-6-12-29(24)28-14-17(21(31)22(32)20(28)23(33)27(24)4-2)19(30)10-8-15-7-9-16(25)13-18(15)26/h7,9,13-14,32H,3-6,8,10-12H2,1-2H3/t24-/m0/s1. The van der Waals surface area contributed by atoms with Gasteiger partial charge in [0.05, 0.1) is 5.56 Å². The van der Waals surface area contributed by atoms with Gasteiger partial charge in [0.2, 0.25) is 5.43 Å². The van der Waals surface area contributed by atoms with Crippen LogP contribution in [-0.2, 0) is 6.42 Å². The van der Waals surface area contributed by atoms with Crippen molar-refractivity contribution in [3.05, 3.63) is 63.1 Å². The Morgan fingerprint density at radius 3 is 2.61 bits per heavy atom. The van der Waals surface area contributed by atoms with Crippen LogP contribution in [0.3, 0.4) is 0 Å². The maximum atomic E-state index is 13.9. The number of halogens is 2. The molecule has 1 aromatic heterocycles. The van der Waals surface area contributed by atoms with Gasteiger partial charge >= 0.3 is 0 Å². The van der Waals surface area contributed by atoms with E-state index in [1.165, 1.54) is 16.9 Å². The summed E-state index contributed by atoms with van der Waals surface area (Å²) in [7, 11) is 0. The number of piperidine rings is 1. The predicted molar refractivity (Wildman–Crippen MR) is 118 cm³/mol. The molecule has 1 fully saturated rings. The molecule has 9 heteroatoms. The minimum atomic E-state index is -0.920. The molecule has 7 nitrogen and oxygen atoms in total. The monoisotopic (exact) mass is 459 g/mol. The summed E-state index contributed by atoms with van der Waals surface area (Å²) in [5, 5.41) is 12.7. The highest BCUT2D eigenvalue weighted by atomic mass is 19.1. The van der Waals surface area contributed by atoms with Crippen molar-refractivity contribution >= 4 is 11.7 Å². The first-order chi connectivity index (χ1) is 15.7. The Bertz CT molecular complexity index is 1180. The Morgan fingerprint density at radius 2 is 1.94 bits per heavy atom. The number of amides is 1. The number of nitrogens with zero attached hydrogens (tertiary/aromatic N) is 3. The number of ketones is 1. The summed E-state index contributed by atoms with van der Waals surface area (Å²) >= 11 is 0.